The number of nitrogen functional groups attached to an aromatic ring is 1. The molecule has 1 heterocycles. The highest BCUT2D eigenvalue weighted by Crippen LogP contribution is 2.22. The Labute approximate surface area is 112 Å². The summed E-state index contributed by atoms with van der Waals surface area (Å²) in [4.78, 5) is 4.37. The monoisotopic (exact) mass is 252 g/mol. The fourth-order valence-electron chi connectivity index (χ4n) is 1.87. The highest BCUT2D eigenvalue weighted by molar-refractivity contribution is 5.54. The number of nitriles is 1. The van der Waals surface area contributed by atoms with Crippen molar-refractivity contribution >= 4 is 11.5 Å². The van der Waals surface area contributed by atoms with Gasteiger partial charge < -0.3 is 11.1 Å². The second-order valence-electron chi connectivity index (χ2n) is 4.50. The zero-order chi connectivity index (χ0) is 13.8. The van der Waals surface area contributed by atoms with Crippen molar-refractivity contribution in [1.29, 1.82) is 5.26 Å². The highest BCUT2D eigenvalue weighted by Gasteiger charge is 2.10. The second kappa shape index (κ2) is 5.40. The Morgan fingerprint density at radius 3 is 2.79 bits per heavy atom. The molecule has 0 aliphatic rings. The van der Waals surface area contributed by atoms with E-state index in [1.165, 1.54) is 0 Å². The van der Waals surface area contributed by atoms with E-state index in [1.807, 2.05) is 44.2 Å². The molecule has 2 rings (SSSR count). The summed E-state index contributed by atoms with van der Waals surface area (Å²) in [5.41, 5.74) is 8.98. The second-order valence-corrected chi connectivity index (χ2v) is 4.50. The molecule has 4 nitrogen and oxygen atoms in total. The average Bonchev–Trinajstić information content (AvgIpc) is 2.39. The van der Waals surface area contributed by atoms with Crippen LogP contribution in [0, 0.1) is 18.3 Å². The molecule has 1 aromatic heterocycles. The van der Waals surface area contributed by atoms with Gasteiger partial charge in [-0.25, -0.2) is 4.98 Å². The van der Waals surface area contributed by atoms with Gasteiger partial charge in [0, 0.05) is 11.4 Å². The zero-order valence-electron chi connectivity index (χ0n) is 11.0. The summed E-state index contributed by atoms with van der Waals surface area (Å²) in [6.07, 6.45) is 0. The maximum Gasteiger partial charge on any atom is 0.144 e. The third kappa shape index (κ3) is 3.02. The quantitative estimate of drug-likeness (QED) is 0.823. The number of nitrogens with zero attached hydrogens (tertiary/aromatic N) is 2. The molecular formula is C15H16N4. The molecule has 2 aromatic rings. The maximum absolute atomic E-state index is 9.09. The van der Waals surface area contributed by atoms with E-state index in [-0.39, 0.29) is 6.04 Å². The summed E-state index contributed by atoms with van der Waals surface area (Å²) in [5.74, 6) is 0.609. The van der Waals surface area contributed by atoms with E-state index in [9.17, 15) is 0 Å². The minimum Gasteiger partial charge on any atom is -0.399 e. The fraction of sp³-hybridized carbons (Fsp3) is 0.200. The fourth-order valence-corrected chi connectivity index (χ4v) is 1.87. The van der Waals surface area contributed by atoms with Gasteiger partial charge in [0.15, 0.2) is 0 Å². The molecule has 0 amide bonds. The number of aromatic nitrogens is 1. The van der Waals surface area contributed by atoms with Crippen LogP contribution in [0.4, 0.5) is 11.5 Å². The van der Waals surface area contributed by atoms with Crippen LogP contribution < -0.4 is 11.1 Å². The zero-order valence-corrected chi connectivity index (χ0v) is 11.0. The Kier molecular flexibility index (Phi) is 3.67. The molecule has 0 aliphatic heterocycles. The van der Waals surface area contributed by atoms with Gasteiger partial charge in [-0.1, -0.05) is 12.1 Å². The van der Waals surface area contributed by atoms with Gasteiger partial charge in [-0.15, -0.1) is 0 Å². The first-order valence-corrected chi connectivity index (χ1v) is 6.10. The van der Waals surface area contributed by atoms with Crippen LogP contribution >= 0.6 is 0 Å². The van der Waals surface area contributed by atoms with Gasteiger partial charge in [-0.2, -0.15) is 5.26 Å². The van der Waals surface area contributed by atoms with Gasteiger partial charge in [-0.3, -0.25) is 0 Å². The Bertz CT molecular complexity index is 628. The molecule has 0 spiro atoms. The third-order valence-corrected chi connectivity index (χ3v) is 2.92. The van der Waals surface area contributed by atoms with Gasteiger partial charge in [0.25, 0.3) is 0 Å². The summed E-state index contributed by atoms with van der Waals surface area (Å²) >= 11 is 0. The number of rotatable bonds is 3. The Hall–Kier alpha value is -2.54. The molecule has 0 saturated carbocycles. The van der Waals surface area contributed by atoms with Crippen molar-refractivity contribution < 1.29 is 0 Å². The molecular weight excluding hydrogens is 236 g/mol. The molecule has 0 radical (unpaired) electrons. The summed E-state index contributed by atoms with van der Waals surface area (Å²) in [6, 6.07) is 13.5. The van der Waals surface area contributed by atoms with Crippen LogP contribution in [0.2, 0.25) is 0 Å². The first kappa shape index (κ1) is 12.9. The summed E-state index contributed by atoms with van der Waals surface area (Å²) < 4.78 is 0. The SMILES string of the molecule is Cc1ccc(C#N)c(NC(C)c2cccc(N)c2)n1. The molecule has 3 N–H and O–H groups in total. The number of nitrogens with one attached hydrogen (secondary N) is 1. The topological polar surface area (TPSA) is 74.7 Å². The minimum absolute atomic E-state index is 0.0323. The largest absolute Gasteiger partial charge is 0.399 e. The molecule has 4 heteroatoms. The lowest BCUT2D eigenvalue weighted by atomic mass is 10.1. The van der Waals surface area contributed by atoms with Crippen LogP contribution in [-0.4, -0.2) is 4.98 Å². The van der Waals surface area contributed by atoms with E-state index in [0.717, 1.165) is 16.9 Å². The van der Waals surface area contributed by atoms with Crippen molar-refractivity contribution in [2.75, 3.05) is 11.1 Å². The van der Waals surface area contributed by atoms with Crippen molar-refractivity contribution in [2.24, 2.45) is 0 Å². The van der Waals surface area contributed by atoms with Crippen molar-refractivity contribution in [3.8, 4) is 6.07 Å². The number of anilines is 2. The Morgan fingerprint density at radius 2 is 2.11 bits per heavy atom. The van der Waals surface area contributed by atoms with Crippen LogP contribution in [0.1, 0.15) is 29.8 Å². The van der Waals surface area contributed by atoms with E-state index >= 15 is 0 Å². The molecule has 1 unspecified atom stereocenters. The van der Waals surface area contributed by atoms with Gasteiger partial charge in [0.2, 0.25) is 0 Å². The lowest BCUT2D eigenvalue weighted by Crippen LogP contribution is -2.10. The molecule has 1 aromatic carbocycles. The number of hydrogen-bond donors (Lipinski definition) is 2. The van der Waals surface area contributed by atoms with E-state index in [1.54, 1.807) is 6.07 Å². The van der Waals surface area contributed by atoms with Crippen LogP contribution in [0.25, 0.3) is 0 Å². The lowest BCUT2D eigenvalue weighted by Gasteiger charge is -2.16. The van der Waals surface area contributed by atoms with E-state index < -0.39 is 0 Å². The standard InChI is InChI=1S/C15H16N4/c1-10-6-7-13(9-16)15(18-10)19-11(2)12-4-3-5-14(17)8-12/h3-8,11H,17H2,1-2H3,(H,18,19). The first-order valence-electron chi connectivity index (χ1n) is 6.10. The number of pyridine rings is 1. The molecule has 1 atom stereocenters. The van der Waals surface area contributed by atoms with Crippen molar-refractivity contribution in [1.82, 2.24) is 4.98 Å². The normalized spacial score (nSPS) is 11.6. The van der Waals surface area contributed by atoms with E-state index in [4.69, 9.17) is 11.0 Å². The Balaban J connectivity index is 2.26. The highest BCUT2D eigenvalue weighted by atomic mass is 15.0. The van der Waals surface area contributed by atoms with Gasteiger partial charge in [0.05, 0.1) is 11.6 Å². The van der Waals surface area contributed by atoms with Gasteiger partial charge in [0.1, 0.15) is 11.9 Å². The molecule has 0 aliphatic carbocycles. The molecule has 0 bridgehead atoms. The van der Waals surface area contributed by atoms with Crippen LogP contribution in [0.15, 0.2) is 36.4 Å². The van der Waals surface area contributed by atoms with Gasteiger partial charge in [-0.05, 0) is 43.7 Å². The maximum atomic E-state index is 9.09. The molecule has 19 heavy (non-hydrogen) atoms. The van der Waals surface area contributed by atoms with E-state index in [2.05, 4.69) is 16.4 Å². The summed E-state index contributed by atoms with van der Waals surface area (Å²) in [7, 11) is 0. The number of benzene rings is 1. The van der Waals surface area contributed by atoms with Crippen LogP contribution in [0.5, 0.6) is 0 Å². The van der Waals surface area contributed by atoms with Crippen LogP contribution in [-0.2, 0) is 0 Å². The summed E-state index contributed by atoms with van der Waals surface area (Å²) in [5, 5.41) is 12.3. The predicted octanol–water partition coefficient (Wildman–Crippen LogP) is 3.02. The smallest absolute Gasteiger partial charge is 0.144 e. The lowest BCUT2D eigenvalue weighted by molar-refractivity contribution is 0.871. The van der Waals surface area contributed by atoms with Crippen molar-refractivity contribution in [3.63, 3.8) is 0 Å². The van der Waals surface area contributed by atoms with Crippen molar-refractivity contribution in [3.05, 3.63) is 53.2 Å². The number of nitrogens with two attached hydrogens (primary N) is 1. The first-order chi connectivity index (χ1) is 9.10. The van der Waals surface area contributed by atoms with Gasteiger partial charge >= 0.3 is 0 Å². The number of aryl methyl sites for hydroxylation is 1. The average molecular weight is 252 g/mol. The molecule has 96 valence electrons. The summed E-state index contributed by atoms with van der Waals surface area (Å²) in [6.45, 7) is 3.91. The molecule has 0 saturated heterocycles. The Morgan fingerprint density at radius 1 is 1.32 bits per heavy atom. The minimum atomic E-state index is 0.0323. The van der Waals surface area contributed by atoms with Crippen molar-refractivity contribution in [2.45, 2.75) is 19.9 Å². The van der Waals surface area contributed by atoms with Crippen LogP contribution in [0.3, 0.4) is 0 Å². The van der Waals surface area contributed by atoms with E-state index in [0.29, 0.717) is 11.4 Å². The third-order valence-electron chi connectivity index (χ3n) is 2.92. The predicted molar refractivity (Wildman–Crippen MR) is 76.6 cm³/mol. The molecule has 0 fully saturated rings. The number of hydrogen-bond acceptors (Lipinski definition) is 4.